The molecule has 1 aromatic carbocycles. The van der Waals surface area contributed by atoms with Crippen LogP contribution in [0.3, 0.4) is 0 Å². The molecule has 0 bridgehead atoms. The number of ether oxygens (including phenoxy) is 2. The highest BCUT2D eigenvalue weighted by atomic mass is 16.5. The van der Waals surface area contributed by atoms with E-state index in [4.69, 9.17) is 13.9 Å². The van der Waals surface area contributed by atoms with Gasteiger partial charge in [0.05, 0.1) is 25.9 Å². The zero-order valence-corrected chi connectivity index (χ0v) is 16.6. The average Bonchev–Trinajstić information content (AvgIpc) is 3.25. The summed E-state index contributed by atoms with van der Waals surface area (Å²) >= 11 is 0. The molecule has 1 atom stereocenters. The minimum absolute atomic E-state index is 0.135. The molecule has 9 heteroatoms. The maximum atomic E-state index is 12.9. The van der Waals surface area contributed by atoms with Gasteiger partial charge in [0.1, 0.15) is 11.3 Å². The molecule has 2 amide bonds. The number of aromatic nitrogens is 3. The van der Waals surface area contributed by atoms with E-state index < -0.39 is 6.10 Å². The number of rotatable bonds is 4. The van der Waals surface area contributed by atoms with Crippen LogP contribution in [0, 0.1) is 0 Å². The minimum Gasteiger partial charge on any atom is -0.494 e. The van der Waals surface area contributed by atoms with Crippen molar-refractivity contribution in [2.75, 3.05) is 32.1 Å². The first-order valence-electron chi connectivity index (χ1n) is 9.49. The molecule has 0 saturated carbocycles. The van der Waals surface area contributed by atoms with Gasteiger partial charge in [0.25, 0.3) is 0 Å². The first-order chi connectivity index (χ1) is 14.1. The second kappa shape index (κ2) is 8.04. The predicted molar refractivity (Wildman–Crippen MR) is 106 cm³/mol. The first-order valence-corrected chi connectivity index (χ1v) is 9.49. The van der Waals surface area contributed by atoms with E-state index in [2.05, 4.69) is 20.5 Å². The summed E-state index contributed by atoms with van der Waals surface area (Å²) in [6, 6.07) is 7.10. The molecule has 152 valence electrons. The Balaban J connectivity index is 1.50. The van der Waals surface area contributed by atoms with E-state index in [1.54, 1.807) is 24.3 Å². The number of anilines is 1. The molecule has 1 aliphatic rings. The van der Waals surface area contributed by atoms with Crippen molar-refractivity contribution in [3.05, 3.63) is 42.2 Å². The molecule has 4 rings (SSSR count). The van der Waals surface area contributed by atoms with Crippen molar-refractivity contribution < 1.29 is 18.7 Å². The molecular formula is C20H23N5O4. The third-order valence-electron chi connectivity index (χ3n) is 4.77. The quantitative estimate of drug-likeness (QED) is 0.720. The van der Waals surface area contributed by atoms with Gasteiger partial charge in [-0.05, 0) is 24.3 Å². The molecule has 1 N–H and O–H groups in total. The number of morpholine rings is 1. The third kappa shape index (κ3) is 3.86. The van der Waals surface area contributed by atoms with E-state index in [0.29, 0.717) is 48.4 Å². The van der Waals surface area contributed by atoms with Crippen LogP contribution >= 0.6 is 0 Å². The molecule has 29 heavy (non-hydrogen) atoms. The van der Waals surface area contributed by atoms with Gasteiger partial charge in [0.15, 0.2) is 6.10 Å². The molecule has 1 aliphatic heterocycles. The van der Waals surface area contributed by atoms with Crippen LogP contribution in [0.15, 0.2) is 34.9 Å². The van der Waals surface area contributed by atoms with Crippen LogP contribution in [0.5, 0.6) is 5.75 Å². The van der Waals surface area contributed by atoms with E-state index in [0.717, 1.165) is 5.39 Å². The summed E-state index contributed by atoms with van der Waals surface area (Å²) in [5, 5.41) is 11.9. The van der Waals surface area contributed by atoms with E-state index in [1.165, 1.54) is 0 Å². The second-order valence-electron chi connectivity index (χ2n) is 7.08. The van der Waals surface area contributed by atoms with Crippen molar-refractivity contribution in [3.63, 3.8) is 0 Å². The van der Waals surface area contributed by atoms with Gasteiger partial charge >= 0.3 is 6.03 Å². The first kappa shape index (κ1) is 19.1. The number of benzene rings is 1. The number of urea groups is 1. The highest BCUT2D eigenvalue weighted by Gasteiger charge is 2.30. The Kier molecular flexibility index (Phi) is 5.30. The van der Waals surface area contributed by atoms with Gasteiger partial charge in [-0.2, -0.15) is 0 Å². The van der Waals surface area contributed by atoms with E-state index >= 15 is 0 Å². The molecule has 1 fully saturated rings. The molecule has 9 nitrogen and oxygen atoms in total. The number of carbonyl (C=O) groups is 1. The molecule has 3 aromatic rings. The fourth-order valence-electron chi connectivity index (χ4n) is 3.21. The number of amides is 2. The number of hydrogen-bond donors (Lipinski definition) is 1. The van der Waals surface area contributed by atoms with Gasteiger partial charge < -0.3 is 24.1 Å². The van der Waals surface area contributed by atoms with E-state index in [-0.39, 0.29) is 11.9 Å². The predicted octanol–water partition coefficient (Wildman–Crippen LogP) is 3.36. The monoisotopic (exact) mass is 397 g/mol. The summed E-state index contributed by atoms with van der Waals surface area (Å²) in [5.41, 5.74) is 1.36. The summed E-state index contributed by atoms with van der Waals surface area (Å²) in [7, 11) is 1.60. The smallest absolute Gasteiger partial charge is 0.322 e. The molecule has 0 radical (unpaired) electrons. The van der Waals surface area contributed by atoms with Crippen molar-refractivity contribution >= 4 is 22.6 Å². The topological polar surface area (TPSA) is 103 Å². The lowest BCUT2D eigenvalue weighted by atomic mass is 10.1. The molecule has 1 unspecified atom stereocenters. The highest BCUT2D eigenvalue weighted by molar-refractivity contribution is 6.02. The molecule has 0 aliphatic carbocycles. The lowest BCUT2D eigenvalue weighted by Crippen LogP contribution is -2.44. The standard InChI is InChI=1S/C20H23N5O4/c1-12(2)18-23-24-19(29-18)16-11-25(9-10-28-16)20(26)22-14-6-7-15(27-3)17-13(14)5-4-8-21-17/h4-8,12,16H,9-11H2,1-3H3,(H,22,26). The van der Waals surface area contributed by atoms with Crippen molar-refractivity contribution in [2.45, 2.75) is 25.9 Å². The van der Waals surface area contributed by atoms with Crippen LogP contribution in [0.25, 0.3) is 10.9 Å². The number of fused-ring (bicyclic) bond motifs is 1. The number of pyridine rings is 1. The van der Waals surface area contributed by atoms with Crippen LogP contribution in [0.4, 0.5) is 10.5 Å². The fraction of sp³-hybridized carbons (Fsp3) is 0.400. The fourth-order valence-corrected chi connectivity index (χ4v) is 3.21. The average molecular weight is 397 g/mol. The molecule has 3 heterocycles. The van der Waals surface area contributed by atoms with E-state index in [9.17, 15) is 4.79 Å². The summed E-state index contributed by atoms with van der Waals surface area (Å²) in [5.74, 6) is 1.74. The van der Waals surface area contributed by atoms with Crippen LogP contribution in [-0.2, 0) is 4.74 Å². The minimum atomic E-state index is -0.441. The van der Waals surface area contributed by atoms with Crippen molar-refractivity contribution in [1.82, 2.24) is 20.1 Å². The number of methoxy groups -OCH3 is 1. The number of hydrogen-bond acceptors (Lipinski definition) is 7. The Hall–Kier alpha value is -3.20. The molecule has 1 saturated heterocycles. The lowest BCUT2D eigenvalue weighted by molar-refractivity contribution is -0.0276. The number of nitrogens with one attached hydrogen (secondary N) is 1. The number of carbonyl (C=O) groups excluding carboxylic acids is 1. The second-order valence-corrected chi connectivity index (χ2v) is 7.08. The summed E-state index contributed by atoms with van der Waals surface area (Å²) in [6.45, 7) is 5.15. The lowest BCUT2D eigenvalue weighted by Gasteiger charge is -2.31. The van der Waals surface area contributed by atoms with E-state index in [1.807, 2.05) is 32.0 Å². The molecular weight excluding hydrogens is 374 g/mol. The maximum absolute atomic E-state index is 12.9. The zero-order chi connectivity index (χ0) is 20.4. The van der Waals surface area contributed by atoms with Gasteiger partial charge in [0.2, 0.25) is 11.8 Å². The zero-order valence-electron chi connectivity index (χ0n) is 16.6. The van der Waals surface area contributed by atoms with Gasteiger partial charge in [-0.25, -0.2) is 4.79 Å². The normalized spacial score (nSPS) is 17.0. The largest absolute Gasteiger partial charge is 0.494 e. The van der Waals surface area contributed by atoms with Crippen molar-refractivity contribution in [1.29, 1.82) is 0 Å². The molecule has 0 spiro atoms. The highest BCUT2D eigenvalue weighted by Crippen LogP contribution is 2.30. The molecule has 2 aromatic heterocycles. The Morgan fingerprint density at radius 3 is 2.93 bits per heavy atom. The summed E-state index contributed by atoms with van der Waals surface area (Å²) in [6.07, 6.45) is 1.25. The Labute approximate surface area is 168 Å². The van der Waals surface area contributed by atoms with Crippen LogP contribution in [-0.4, -0.2) is 52.9 Å². The van der Waals surface area contributed by atoms with Crippen molar-refractivity contribution in [3.8, 4) is 5.75 Å². The third-order valence-corrected chi connectivity index (χ3v) is 4.77. The maximum Gasteiger partial charge on any atom is 0.322 e. The van der Waals surface area contributed by atoms with Crippen LogP contribution in [0.2, 0.25) is 0 Å². The Morgan fingerprint density at radius 1 is 1.31 bits per heavy atom. The van der Waals surface area contributed by atoms with Crippen molar-refractivity contribution in [2.24, 2.45) is 0 Å². The Morgan fingerprint density at radius 2 is 2.17 bits per heavy atom. The summed E-state index contributed by atoms with van der Waals surface area (Å²) in [4.78, 5) is 18.9. The number of nitrogens with zero attached hydrogens (tertiary/aromatic N) is 4. The Bertz CT molecular complexity index is 1020. The SMILES string of the molecule is COc1ccc(NC(=O)N2CCOC(c3nnc(C(C)C)o3)C2)c2cccnc12. The van der Waals surface area contributed by atoms with Gasteiger partial charge in [-0.3, -0.25) is 4.98 Å². The van der Waals surface area contributed by atoms with Gasteiger partial charge in [-0.15, -0.1) is 10.2 Å². The van der Waals surface area contributed by atoms with Gasteiger partial charge in [0, 0.05) is 24.0 Å². The summed E-state index contributed by atoms with van der Waals surface area (Å²) < 4.78 is 16.8. The van der Waals surface area contributed by atoms with Crippen LogP contribution < -0.4 is 10.1 Å². The van der Waals surface area contributed by atoms with Gasteiger partial charge in [-0.1, -0.05) is 13.8 Å². The van der Waals surface area contributed by atoms with Crippen LogP contribution in [0.1, 0.15) is 37.7 Å².